The molecule has 0 saturated heterocycles. The lowest BCUT2D eigenvalue weighted by atomic mass is 9.62. The predicted octanol–water partition coefficient (Wildman–Crippen LogP) is 3.15. The standard InChI is InChI=1S/C15H24O3/c1-11(10-13(16)17)6-7-12-14(2,3)8-5-9-15(12,4)18/h6-7,10,12,18H,5,8-9H2,1-4H3,(H,16,17). The van der Waals surface area contributed by atoms with Gasteiger partial charge in [0, 0.05) is 12.0 Å². The Morgan fingerprint density at radius 1 is 1.28 bits per heavy atom. The number of carbonyl (C=O) groups is 1. The minimum Gasteiger partial charge on any atom is -0.478 e. The van der Waals surface area contributed by atoms with E-state index in [1.165, 1.54) is 6.08 Å². The monoisotopic (exact) mass is 252 g/mol. The molecule has 0 aromatic carbocycles. The first-order chi connectivity index (χ1) is 8.15. The molecule has 3 nitrogen and oxygen atoms in total. The molecule has 0 amide bonds. The zero-order valence-electron chi connectivity index (χ0n) is 11.7. The van der Waals surface area contributed by atoms with Crippen molar-refractivity contribution < 1.29 is 15.0 Å². The highest BCUT2D eigenvalue weighted by Crippen LogP contribution is 2.46. The fourth-order valence-electron chi connectivity index (χ4n) is 3.01. The van der Waals surface area contributed by atoms with Crippen molar-refractivity contribution in [2.45, 2.75) is 52.6 Å². The number of aliphatic carboxylic acids is 1. The molecule has 1 fully saturated rings. The number of aliphatic hydroxyl groups is 1. The average molecular weight is 252 g/mol. The third-order valence-corrected chi connectivity index (χ3v) is 3.92. The second-order valence-corrected chi connectivity index (χ2v) is 6.26. The number of carboxylic acid groups (broad SMARTS) is 1. The van der Waals surface area contributed by atoms with E-state index in [1.54, 1.807) is 13.0 Å². The molecule has 2 unspecified atom stereocenters. The predicted molar refractivity (Wildman–Crippen MR) is 72.3 cm³/mol. The molecule has 0 aliphatic heterocycles. The molecule has 0 radical (unpaired) electrons. The summed E-state index contributed by atoms with van der Waals surface area (Å²) in [4.78, 5) is 10.6. The summed E-state index contributed by atoms with van der Waals surface area (Å²) in [5.41, 5.74) is 0.0310. The molecule has 1 rings (SSSR count). The van der Waals surface area contributed by atoms with Gasteiger partial charge in [-0.15, -0.1) is 0 Å². The van der Waals surface area contributed by atoms with E-state index in [0.717, 1.165) is 19.3 Å². The zero-order chi connectivity index (χ0) is 14.0. The van der Waals surface area contributed by atoms with Crippen LogP contribution >= 0.6 is 0 Å². The summed E-state index contributed by atoms with van der Waals surface area (Å²) in [7, 11) is 0. The molecule has 3 heteroatoms. The zero-order valence-corrected chi connectivity index (χ0v) is 11.7. The number of carboxylic acids is 1. The maximum Gasteiger partial charge on any atom is 0.328 e. The molecule has 1 saturated carbocycles. The molecular formula is C15H24O3. The van der Waals surface area contributed by atoms with Gasteiger partial charge in [-0.05, 0) is 37.7 Å². The highest BCUT2D eigenvalue weighted by molar-refractivity contribution is 5.81. The van der Waals surface area contributed by atoms with E-state index in [2.05, 4.69) is 13.8 Å². The van der Waals surface area contributed by atoms with Crippen LogP contribution in [0, 0.1) is 11.3 Å². The normalized spacial score (nSPS) is 32.7. The molecule has 1 aliphatic carbocycles. The van der Waals surface area contributed by atoms with Gasteiger partial charge < -0.3 is 10.2 Å². The molecule has 2 N–H and O–H groups in total. The second kappa shape index (κ2) is 5.27. The maximum atomic E-state index is 10.6. The Bertz CT molecular complexity index is 359. The largest absolute Gasteiger partial charge is 0.478 e. The van der Waals surface area contributed by atoms with Crippen LogP contribution < -0.4 is 0 Å². The van der Waals surface area contributed by atoms with Crippen molar-refractivity contribution in [2.75, 3.05) is 0 Å². The lowest BCUT2D eigenvalue weighted by molar-refractivity contribution is -0.131. The first-order valence-electron chi connectivity index (χ1n) is 6.47. The second-order valence-electron chi connectivity index (χ2n) is 6.26. The Labute approximate surface area is 109 Å². The maximum absolute atomic E-state index is 10.6. The summed E-state index contributed by atoms with van der Waals surface area (Å²) < 4.78 is 0. The highest BCUT2D eigenvalue weighted by atomic mass is 16.4. The summed E-state index contributed by atoms with van der Waals surface area (Å²) >= 11 is 0. The number of rotatable bonds is 3. The van der Waals surface area contributed by atoms with Gasteiger partial charge in [-0.3, -0.25) is 0 Å². The van der Waals surface area contributed by atoms with Crippen molar-refractivity contribution in [1.29, 1.82) is 0 Å². The molecule has 0 aromatic rings. The van der Waals surface area contributed by atoms with E-state index in [1.807, 2.05) is 13.0 Å². The quantitative estimate of drug-likeness (QED) is 0.599. The van der Waals surface area contributed by atoms with Crippen LogP contribution in [0.25, 0.3) is 0 Å². The Morgan fingerprint density at radius 3 is 2.39 bits per heavy atom. The van der Waals surface area contributed by atoms with E-state index >= 15 is 0 Å². The number of allylic oxidation sites excluding steroid dienone is 2. The number of hydrogen-bond acceptors (Lipinski definition) is 2. The molecule has 2 atom stereocenters. The number of hydrogen-bond donors (Lipinski definition) is 2. The average Bonchev–Trinajstić information content (AvgIpc) is 2.12. The van der Waals surface area contributed by atoms with Gasteiger partial charge in [-0.1, -0.05) is 32.4 Å². The van der Waals surface area contributed by atoms with Crippen molar-refractivity contribution in [3.8, 4) is 0 Å². The van der Waals surface area contributed by atoms with Crippen LogP contribution in [0.1, 0.15) is 47.0 Å². The fourth-order valence-corrected chi connectivity index (χ4v) is 3.01. The molecule has 1 aliphatic rings. The lowest BCUT2D eigenvalue weighted by Crippen LogP contribution is -2.45. The molecule has 0 bridgehead atoms. The third-order valence-electron chi connectivity index (χ3n) is 3.92. The van der Waals surface area contributed by atoms with Gasteiger partial charge in [0.25, 0.3) is 0 Å². The van der Waals surface area contributed by atoms with Crippen molar-refractivity contribution in [3.05, 3.63) is 23.8 Å². The van der Waals surface area contributed by atoms with Gasteiger partial charge in [-0.2, -0.15) is 0 Å². The van der Waals surface area contributed by atoms with Gasteiger partial charge >= 0.3 is 5.97 Å². The van der Waals surface area contributed by atoms with Gasteiger partial charge in [0.1, 0.15) is 0 Å². The van der Waals surface area contributed by atoms with E-state index < -0.39 is 11.6 Å². The summed E-state index contributed by atoms with van der Waals surface area (Å²) in [5.74, 6) is -0.886. The molecule has 0 heterocycles. The summed E-state index contributed by atoms with van der Waals surface area (Å²) in [6.45, 7) is 7.95. The Kier molecular flexibility index (Phi) is 4.38. The SMILES string of the molecule is CC(C=CC1C(C)(C)CCCC1(C)O)=CC(=O)O. The minimum absolute atomic E-state index is 0.0434. The van der Waals surface area contributed by atoms with Crippen molar-refractivity contribution >= 4 is 5.97 Å². The van der Waals surface area contributed by atoms with E-state index in [-0.39, 0.29) is 11.3 Å². The van der Waals surface area contributed by atoms with Gasteiger partial charge in [0.15, 0.2) is 0 Å². The van der Waals surface area contributed by atoms with Crippen LogP contribution in [0.4, 0.5) is 0 Å². The Morgan fingerprint density at radius 2 is 1.89 bits per heavy atom. The van der Waals surface area contributed by atoms with Crippen molar-refractivity contribution in [1.82, 2.24) is 0 Å². The topological polar surface area (TPSA) is 57.5 Å². The molecule has 102 valence electrons. The third kappa shape index (κ3) is 3.70. The van der Waals surface area contributed by atoms with Crippen molar-refractivity contribution in [3.63, 3.8) is 0 Å². The highest BCUT2D eigenvalue weighted by Gasteiger charge is 2.43. The summed E-state index contributed by atoms with van der Waals surface area (Å²) in [6, 6.07) is 0. The van der Waals surface area contributed by atoms with E-state index in [0.29, 0.717) is 5.57 Å². The molecule has 18 heavy (non-hydrogen) atoms. The van der Waals surface area contributed by atoms with Crippen LogP contribution in [-0.2, 0) is 4.79 Å². The van der Waals surface area contributed by atoms with Gasteiger partial charge in [0.2, 0.25) is 0 Å². The van der Waals surface area contributed by atoms with Gasteiger partial charge in [0.05, 0.1) is 5.60 Å². The smallest absolute Gasteiger partial charge is 0.328 e. The van der Waals surface area contributed by atoms with Gasteiger partial charge in [-0.25, -0.2) is 4.79 Å². The van der Waals surface area contributed by atoms with Crippen LogP contribution in [0.5, 0.6) is 0 Å². The van der Waals surface area contributed by atoms with Crippen molar-refractivity contribution in [2.24, 2.45) is 11.3 Å². The Balaban J connectivity index is 2.91. The van der Waals surface area contributed by atoms with Crippen LogP contribution in [0.2, 0.25) is 0 Å². The Hall–Kier alpha value is -1.09. The van der Waals surface area contributed by atoms with Crippen LogP contribution in [0.3, 0.4) is 0 Å². The molecular weight excluding hydrogens is 228 g/mol. The van der Waals surface area contributed by atoms with Crippen LogP contribution in [-0.4, -0.2) is 21.8 Å². The summed E-state index contributed by atoms with van der Waals surface area (Å²) in [6.07, 6.45) is 7.87. The van der Waals surface area contributed by atoms with Crippen LogP contribution in [0.15, 0.2) is 23.8 Å². The lowest BCUT2D eigenvalue weighted by Gasteiger charge is -2.46. The van der Waals surface area contributed by atoms with E-state index in [9.17, 15) is 9.90 Å². The first-order valence-corrected chi connectivity index (χ1v) is 6.47. The summed E-state index contributed by atoms with van der Waals surface area (Å²) in [5, 5.41) is 19.1. The fraction of sp³-hybridized carbons (Fsp3) is 0.667. The molecule has 0 spiro atoms. The van der Waals surface area contributed by atoms with E-state index in [4.69, 9.17) is 5.11 Å². The molecule has 0 aromatic heterocycles. The minimum atomic E-state index is -0.938. The first kappa shape index (κ1) is 15.0.